The molecule has 1 aromatic carbocycles. The zero-order valence-electron chi connectivity index (χ0n) is 11.1. The average Bonchev–Trinajstić information content (AvgIpc) is 2.66. The fraction of sp³-hybridized carbons (Fsp3) is 0.467. The molecule has 1 heterocycles. The van der Waals surface area contributed by atoms with Gasteiger partial charge in [0.2, 0.25) is 0 Å². The van der Waals surface area contributed by atoms with Crippen molar-refractivity contribution in [1.82, 2.24) is 9.88 Å². The third-order valence-corrected chi connectivity index (χ3v) is 3.42. The van der Waals surface area contributed by atoms with Crippen molar-refractivity contribution in [3.8, 4) is 0 Å². The molecule has 2 rings (SSSR count). The first-order valence-corrected chi connectivity index (χ1v) is 6.47. The Morgan fingerprint density at radius 2 is 2.12 bits per heavy atom. The van der Waals surface area contributed by atoms with E-state index in [1.807, 2.05) is 7.05 Å². The molecule has 2 heteroatoms. The first-order chi connectivity index (χ1) is 8.26. The Hall–Kier alpha value is -1.28. The lowest BCUT2D eigenvalue weighted by Gasteiger charge is -2.01. The molecule has 0 atom stereocenters. The van der Waals surface area contributed by atoms with Crippen molar-refractivity contribution >= 4 is 10.9 Å². The highest BCUT2D eigenvalue weighted by Crippen LogP contribution is 2.23. The highest BCUT2D eigenvalue weighted by Gasteiger charge is 2.06. The normalized spacial score (nSPS) is 11.2. The van der Waals surface area contributed by atoms with Gasteiger partial charge in [0.25, 0.3) is 0 Å². The van der Waals surface area contributed by atoms with E-state index in [2.05, 4.69) is 48.3 Å². The molecule has 0 spiro atoms. The van der Waals surface area contributed by atoms with Crippen LogP contribution in [-0.2, 0) is 19.9 Å². The van der Waals surface area contributed by atoms with E-state index in [-0.39, 0.29) is 0 Å². The number of aryl methyl sites for hydroxylation is 3. The molecule has 2 nitrogen and oxygen atoms in total. The smallest absolute Gasteiger partial charge is 0.0480 e. The molecule has 92 valence electrons. The Bertz CT molecular complexity index is 497. The van der Waals surface area contributed by atoms with E-state index in [0.717, 1.165) is 19.4 Å². The highest BCUT2D eigenvalue weighted by molar-refractivity contribution is 5.84. The second kappa shape index (κ2) is 5.37. The number of aromatic nitrogens is 1. The van der Waals surface area contributed by atoms with Gasteiger partial charge in [-0.3, -0.25) is 0 Å². The molecule has 0 bridgehead atoms. The molecule has 0 saturated carbocycles. The summed E-state index contributed by atoms with van der Waals surface area (Å²) in [5.41, 5.74) is 4.26. The van der Waals surface area contributed by atoms with E-state index < -0.39 is 0 Å². The van der Waals surface area contributed by atoms with Crippen LogP contribution in [0.4, 0.5) is 0 Å². The van der Waals surface area contributed by atoms with Gasteiger partial charge in [-0.05, 0) is 56.1 Å². The number of nitrogens with one attached hydrogen (secondary N) is 1. The van der Waals surface area contributed by atoms with Gasteiger partial charge in [-0.1, -0.05) is 13.0 Å². The van der Waals surface area contributed by atoms with Gasteiger partial charge in [-0.25, -0.2) is 0 Å². The maximum atomic E-state index is 3.21. The fourth-order valence-electron chi connectivity index (χ4n) is 2.40. The minimum atomic E-state index is 1.09. The van der Waals surface area contributed by atoms with Gasteiger partial charge in [0.1, 0.15) is 0 Å². The monoisotopic (exact) mass is 230 g/mol. The minimum absolute atomic E-state index is 1.09. The van der Waals surface area contributed by atoms with Crippen LogP contribution < -0.4 is 5.32 Å². The predicted octanol–water partition coefficient (Wildman–Crippen LogP) is 2.89. The maximum absolute atomic E-state index is 3.21. The third kappa shape index (κ3) is 2.52. The van der Waals surface area contributed by atoms with Crippen LogP contribution in [-0.4, -0.2) is 18.2 Å². The number of benzene rings is 1. The molecule has 0 fully saturated rings. The predicted molar refractivity (Wildman–Crippen MR) is 74.5 cm³/mol. The molecule has 1 aromatic heterocycles. The summed E-state index contributed by atoms with van der Waals surface area (Å²) in [4.78, 5) is 0. The summed E-state index contributed by atoms with van der Waals surface area (Å²) in [6, 6.07) is 6.83. The summed E-state index contributed by atoms with van der Waals surface area (Å²) in [7, 11) is 4.15. The van der Waals surface area contributed by atoms with Gasteiger partial charge < -0.3 is 9.88 Å². The third-order valence-electron chi connectivity index (χ3n) is 3.42. The molecule has 0 radical (unpaired) electrons. The molecular formula is C15H22N2. The van der Waals surface area contributed by atoms with Crippen molar-refractivity contribution in [3.05, 3.63) is 35.5 Å². The molecule has 0 aliphatic heterocycles. The molecule has 0 aliphatic carbocycles. The summed E-state index contributed by atoms with van der Waals surface area (Å²) >= 11 is 0. The SMILES string of the molecule is CCc1ccc2c(c1)c(CCCNC)cn2C. The van der Waals surface area contributed by atoms with E-state index in [0.29, 0.717) is 0 Å². The summed E-state index contributed by atoms with van der Waals surface area (Å²) < 4.78 is 2.24. The van der Waals surface area contributed by atoms with E-state index in [4.69, 9.17) is 0 Å². The second-order valence-electron chi connectivity index (χ2n) is 4.68. The van der Waals surface area contributed by atoms with Gasteiger partial charge in [0.05, 0.1) is 0 Å². The molecule has 0 aliphatic rings. The van der Waals surface area contributed by atoms with Gasteiger partial charge >= 0.3 is 0 Å². The van der Waals surface area contributed by atoms with Gasteiger partial charge in [0.15, 0.2) is 0 Å². The van der Waals surface area contributed by atoms with E-state index in [1.54, 1.807) is 0 Å². The number of hydrogen-bond acceptors (Lipinski definition) is 1. The summed E-state index contributed by atoms with van der Waals surface area (Å²) in [6.45, 7) is 3.30. The van der Waals surface area contributed by atoms with Crippen molar-refractivity contribution in [3.63, 3.8) is 0 Å². The van der Waals surface area contributed by atoms with Crippen molar-refractivity contribution in [2.45, 2.75) is 26.2 Å². The van der Waals surface area contributed by atoms with Crippen LogP contribution in [0, 0.1) is 0 Å². The molecule has 0 unspecified atom stereocenters. The lowest BCUT2D eigenvalue weighted by molar-refractivity contribution is 0.725. The fourth-order valence-corrected chi connectivity index (χ4v) is 2.40. The molecule has 0 amide bonds. The molecule has 1 N–H and O–H groups in total. The Balaban J connectivity index is 2.34. The standard InChI is InChI=1S/C15H22N2/c1-4-12-7-8-15-14(10-12)13(11-17(15)3)6-5-9-16-2/h7-8,10-11,16H,4-6,9H2,1-3H3. The average molecular weight is 230 g/mol. The number of hydrogen-bond donors (Lipinski definition) is 1. The Morgan fingerprint density at radius 3 is 2.82 bits per heavy atom. The number of nitrogens with zero attached hydrogens (tertiary/aromatic N) is 1. The van der Waals surface area contributed by atoms with Crippen molar-refractivity contribution in [2.24, 2.45) is 7.05 Å². The lowest BCUT2D eigenvalue weighted by atomic mass is 10.0. The molecule has 17 heavy (non-hydrogen) atoms. The summed E-state index contributed by atoms with van der Waals surface area (Å²) in [5.74, 6) is 0. The maximum Gasteiger partial charge on any atom is 0.0480 e. The van der Waals surface area contributed by atoms with Gasteiger partial charge in [-0.2, -0.15) is 0 Å². The van der Waals surface area contributed by atoms with Crippen LogP contribution in [0.1, 0.15) is 24.5 Å². The van der Waals surface area contributed by atoms with Crippen molar-refractivity contribution < 1.29 is 0 Å². The summed E-state index contributed by atoms with van der Waals surface area (Å²) in [6.07, 6.45) is 5.75. The topological polar surface area (TPSA) is 17.0 Å². The number of rotatable bonds is 5. The minimum Gasteiger partial charge on any atom is -0.350 e. The van der Waals surface area contributed by atoms with Crippen LogP contribution in [0.25, 0.3) is 10.9 Å². The van der Waals surface area contributed by atoms with Crippen LogP contribution in [0.5, 0.6) is 0 Å². The Labute approximate surface area is 104 Å². The molecule has 2 aromatic rings. The van der Waals surface area contributed by atoms with Crippen molar-refractivity contribution in [1.29, 1.82) is 0 Å². The van der Waals surface area contributed by atoms with Crippen molar-refractivity contribution in [2.75, 3.05) is 13.6 Å². The summed E-state index contributed by atoms with van der Waals surface area (Å²) in [5, 5.41) is 4.64. The Morgan fingerprint density at radius 1 is 1.29 bits per heavy atom. The molecular weight excluding hydrogens is 208 g/mol. The lowest BCUT2D eigenvalue weighted by Crippen LogP contribution is -2.08. The van der Waals surface area contributed by atoms with E-state index in [1.165, 1.54) is 28.5 Å². The molecule has 0 saturated heterocycles. The van der Waals surface area contributed by atoms with Crippen LogP contribution in [0.3, 0.4) is 0 Å². The van der Waals surface area contributed by atoms with Gasteiger partial charge in [-0.15, -0.1) is 0 Å². The zero-order chi connectivity index (χ0) is 12.3. The number of fused-ring (bicyclic) bond motifs is 1. The van der Waals surface area contributed by atoms with E-state index >= 15 is 0 Å². The second-order valence-corrected chi connectivity index (χ2v) is 4.68. The van der Waals surface area contributed by atoms with Crippen LogP contribution in [0.2, 0.25) is 0 Å². The van der Waals surface area contributed by atoms with Crippen LogP contribution >= 0.6 is 0 Å². The largest absolute Gasteiger partial charge is 0.350 e. The Kier molecular flexibility index (Phi) is 3.85. The highest BCUT2D eigenvalue weighted by atomic mass is 14.9. The van der Waals surface area contributed by atoms with Crippen LogP contribution in [0.15, 0.2) is 24.4 Å². The first-order valence-electron chi connectivity index (χ1n) is 6.47. The quantitative estimate of drug-likeness (QED) is 0.782. The zero-order valence-corrected chi connectivity index (χ0v) is 11.1. The van der Waals surface area contributed by atoms with E-state index in [9.17, 15) is 0 Å². The first kappa shape index (κ1) is 12.2. The van der Waals surface area contributed by atoms with Gasteiger partial charge in [0, 0.05) is 24.1 Å².